The van der Waals surface area contributed by atoms with Crippen LogP contribution in [0.1, 0.15) is 30.3 Å². The van der Waals surface area contributed by atoms with Crippen molar-refractivity contribution >= 4 is 39.3 Å². The van der Waals surface area contributed by atoms with Crippen molar-refractivity contribution in [3.8, 4) is 0 Å². The molecular weight excluding hydrogens is 424 g/mol. The van der Waals surface area contributed by atoms with E-state index in [9.17, 15) is 9.59 Å². The predicted octanol–water partition coefficient (Wildman–Crippen LogP) is 2.71. The fourth-order valence-corrected chi connectivity index (χ4v) is 5.68. The van der Waals surface area contributed by atoms with Gasteiger partial charge in [0.1, 0.15) is 5.69 Å². The fraction of sp³-hybridized carbons (Fsp3) is 0.478. The van der Waals surface area contributed by atoms with Crippen LogP contribution in [0.2, 0.25) is 0 Å². The monoisotopic (exact) mass is 452 g/mol. The molecule has 5 heterocycles. The van der Waals surface area contributed by atoms with Gasteiger partial charge in [0, 0.05) is 58.2 Å². The summed E-state index contributed by atoms with van der Waals surface area (Å²) in [4.78, 5) is 41.2. The zero-order valence-electron chi connectivity index (χ0n) is 18.3. The minimum atomic E-state index is -0.126. The highest BCUT2D eigenvalue weighted by Gasteiger charge is 2.34. The normalized spacial score (nSPS) is 19.5. The summed E-state index contributed by atoms with van der Waals surface area (Å²) < 4.78 is 3.23. The third kappa shape index (κ3) is 3.85. The maximum atomic E-state index is 13.4. The van der Waals surface area contributed by atoms with Gasteiger partial charge in [-0.1, -0.05) is 0 Å². The van der Waals surface area contributed by atoms with Crippen LogP contribution in [0, 0.1) is 5.92 Å². The standard InChI is InChI=1S/C23H28N6O2S/c1-2-29-18-6-14-32-20(18)15-19(29)22(31)28-9-3-5-17(16-28)21(30)26-10-12-27(13-11-26)23-24-7-4-8-25-23/h4,6-8,14-15,17H,2-3,5,9-13,16H2,1H3/t17-/m1/s1. The molecule has 0 aliphatic carbocycles. The van der Waals surface area contributed by atoms with Crippen molar-refractivity contribution in [1.29, 1.82) is 0 Å². The van der Waals surface area contributed by atoms with E-state index in [-0.39, 0.29) is 17.7 Å². The molecule has 9 heteroatoms. The highest BCUT2D eigenvalue weighted by Crippen LogP contribution is 2.28. The molecule has 2 fully saturated rings. The molecule has 2 amide bonds. The van der Waals surface area contributed by atoms with Crippen LogP contribution in [-0.4, -0.2) is 75.4 Å². The van der Waals surface area contributed by atoms with Crippen molar-refractivity contribution in [2.75, 3.05) is 44.2 Å². The van der Waals surface area contributed by atoms with Gasteiger partial charge in [-0.15, -0.1) is 11.3 Å². The van der Waals surface area contributed by atoms with Crippen LogP contribution >= 0.6 is 11.3 Å². The summed E-state index contributed by atoms with van der Waals surface area (Å²) in [6.07, 6.45) is 5.19. The second kappa shape index (κ2) is 8.90. The van der Waals surface area contributed by atoms with Gasteiger partial charge in [-0.05, 0) is 43.3 Å². The van der Waals surface area contributed by atoms with Crippen LogP contribution in [0.5, 0.6) is 0 Å². The van der Waals surface area contributed by atoms with Crippen molar-refractivity contribution in [1.82, 2.24) is 24.3 Å². The number of anilines is 1. The molecule has 0 bridgehead atoms. The number of piperazine rings is 1. The molecule has 168 valence electrons. The average molecular weight is 453 g/mol. The Bertz CT molecular complexity index is 1100. The van der Waals surface area contributed by atoms with Crippen LogP contribution in [0.4, 0.5) is 5.95 Å². The quantitative estimate of drug-likeness (QED) is 0.609. The molecule has 2 saturated heterocycles. The lowest BCUT2D eigenvalue weighted by atomic mass is 9.96. The average Bonchev–Trinajstić information content (AvgIpc) is 3.45. The number of thiophene rings is 1. The van der Waals surface area contributed by atoms with E-state index in [1.54, 1.807) is 29.8 Å². The van der Waals surface area contributed by atoms with Gasteiger partial charge in [0.2, 0.25) is 11.9 Å². The van der Waals surface area contributed by atoms with Crippen LogP contribution < -0.4 is 4.90 Å². The lowest BCUT2D eigenvalue weighted by molar-refractivity contribution is -0.137. The second-order valence-corrected chi connectivity index (χ2v) is 9.34. The van der Waals surface area contributed by atoms with Gasteiger partial charge in [-0.3, -0.25) is 9.59 Å². The van der Waals surface area contributed by atoms with Crippen molar-refractivity contribution < 1.29 is 9.59 Å². The van der Waals surface area contributed by atoms with E-state index in [0.717, 1.165) is 48.4 Å². The van der Waals surface area contributed by atoms with Gasteiger partial charge in [0.15, 0.2) is 0 Å². The number of aromatic nitrogens is 3. The van der Waals surface area contributed by atoms with Crippen LogP contribution in [0.3, 0.4) is 0 Å². The largest absolute Gasteiger partial charge is 0.339 e. The molecule has 0 saturated carbocycles. The maximum Gasteiger partial charge on any atom is 0.270 e. The molecule has 2 aliphatic heterocycles. The lowest BCUT2D eigenvalue weighted by Crippen LogP contribution is -2.53. The Hall–Kier alpha value is -2.94. The Morgan fingerprint density at radius 2 is 1.88 bits per heavy atom. The van der Waals surface area contributed by atoms with Crippen LogP contribution in [0.25, 0.3) is 10.2 Å². The Balaban J connectivity index is 1.23. The molecule has 0 unspecified atom stereocenters. The van der Waals surface area contributed by atoms with Crippen LogP contribution in [-0.2, 0) is 11.3 Å². The van der Waals surface area contributed by atoms with Gasteiger partial charge in [-0.2, -0.15) is 0 Å². The Morgan fingerprint density at radius 3 is 2.62 bits per heavy atom. The van der Waals surface area contributed by atoms with E-state index in [0.29, 0.717) is 32.1 Å². The topological polar surface area (TPSA) is 74.6 Å². The van der Waals surface area contributed by atoms with Gasteiger partial charge in [-0.25, -0.2) is 9.97 Å². The molecule has 8 nitrogen and oxygen atoms in total. The van der Waals surface area contributed by atoms with Crippen molar-refractivity contribution in [3.05, 3.63) is 41.7 Å². The maximum absolute atomic E-state index is 13.4. The number of aryl methyl sites for hydroxylation is 1. The fourth-order valence-electron chi connectivity index (χ4n) is 4.86. The molecule has 0 N–H and O–H groups in total. The molecule has 0 radical (unpaired) electrons. The summed E-state index contributed by atoms with van der Waals surface area (Å²) in [5, 5.41) is 2.06. The third-order valence-electron chi connectivity index (χ3n) is 6.54. The number of fused-ring (bicyclic) bond motifs is 1. The molecule has 32 heavy (non-hydrogen) atoms. The van der Waals surface area contributed by atoms with E-state index in [4.69, 9.17) is 0 Å². The van der Waals surface area contributed by atoms with Gasteiger partial charge in [0.05, 0.1) is 16.1 Å². The summed E-state index contributed by atoms with van der Waals surface area (Å²) >= 11 is 1.66. The zero-order valence-corrected chi connectivity index (χ0v) is 19.1. The summed E-state index contributed by atoms with van der Waals surface area (Å²) in [5.41, 5.74) is 1.85. The smallest absolute Gasteiger partial charge is 0.270 e. The highest BCUT2D eigenvalue weighted by atomic mass is 32.1. The number of amides is 2. The Morgan fingerprint density at radius 1 is 1.09 bits per heavy atom. The zero-order chi connectivity index (χ0) is 22.1. The van der Waals surface area contributed by atoms with Crippen LogP contribution in [0.15, 0.2) is 36.0 Å². The number of hydrogen-bond acceptors (Lipinski definition) is 6. The first-order valence-corrected chi connectivity index (χ1v) is 12.2. The first-order valence-electron chi connectivity index (χ1n) is 11.3. The van der Waals surface area contributed by atoms with E-state index in [1.165, 1.54) is 0 Å². The van der Waals surface area contributed by atoms with Gasteiger partial charge < -0.3 is 19.3 Å². The second-order valence-electron chi connectivity index (χ2n) is 8.40. The summed E-state index contributed by atoms with van der Waals surface area (Å²) in [6.45, 7) is 6.82. The number of carbonyl (C=O) groups excluding carboxylic acids is 2. The first-order chi connectivity index (χ1) is 15.7. The van der Waals surface area contributed by atoms with E-state index >= 15 is 0 Å². The summed E-state index contributed by atoms with van der Waals surface area (Å²) in [5.74, 6) is 0.799. The molecule has 3 aromatic rings. The number of nitrogens with zero attached hydrogens (tertiary/aromatic N) is 6. The minimum absolute atomic E-state index is 0.0406. The van der Waals surface area contributed by atoms with Crippen molar-refractivity contribution in [2.24, 2.45) is 5.92 Å². The number of piperidine rings is 1. The Labute approximate surface area is 191 Å². The molecule has 2 aliphatic rings. The predicted molar refractivity (Wildman–Crippen MR) is 125 cm³/mol. The van der Waals surface area contributed by atoms with E-state index in [1.807, 2.05) is 15.9 Å². The first kappa shape index (κ1) is 20.9. The van der Waals surface area contributed by atoms with Gasteiger partial charge in [0.25, 0.3) is 5.91 Å². The SMILES string of the molecule is CCn1c(C(=O)N2CCC[C@@H](C(=O)N3CCN(c4ncccn4)CC3)C2)cc2sccc21. The number of rotatable bonds is 4. The minimum Gasteiger partial charge on any atom is -0.339 e. The highest BCUT2D eigenvalue weighted by molar-refractivity contribution is 7.17. The molecular formula is C23H28N6O2S. The number of hydrogen-bond donors (Lipinski definition) is 0. The molecule has 3 aromatic heterocycles. The van der Waals surface area contributed by atoms with Crippen molar-refractivity contribution in [2.45, 2.75) is 26.3 Å². The summed E-state index contributed by atoms with van der Waals surface area (Å²) in [7, 11) is 0. The van der Waals surface area contributed by atoms with Crippen molar-refractivity contribution in [3.63, 3.8) is 0 Å². The molecule has 5 rings (SSSR count). The lowest BCUT2D eigenvalue weighted by Gasteiger charge is -2.39. The van der Waals surface area contributed by atoms with E-state index < -0.39 is 0 Å². The number of carbonyl (C=O) groups is 2. The molecule has 0 aromatic carbocycles. The molecule has 1 atom stereocenters. The Kier molecular flexibility index (Phi) is 5.82. The van der Waals surface area contributed by atoms with Gasteiger partial charge >= 0.3 is 0 Å². The third-order valence-corrected chi connectivity index (χ3v) is 7.40. The molecule has 0 spiro atoms. The van der Waals surface area contributed by atoms with E-state index in [2.05, 4.69) is 37.8 Å². The number of likely N-dealkylation sites (tertiary alicyclic amines) is 1. The summed E-state index contributed by atoms with van der Waals surface area (Å²) in [6, 6.07) is 5.88.